The van der Waals surface area contributed by atoms with Crippen molar-refractivity contribution in [2.24, 2.45) is 0 Å². The summed E-state index contributed by atoms with van der Waals surface area (Å²) in [6, 6.07) is 0. The van der Waals surface area contributed by atoms with Crippen LogP contribution in [0, 0.1) is 30.6 Å². The Morgan fingerprint density at radius 1 is 0.933 bits per heavy atom. The van der Waals surface area contributed by atoms with E-state index in [1.165, 1.54) is 0 Å². The van der Waals surface area contributed by atoms with Crippen LogP contribution in [0.1, 0.15) is 2.85 Å². The van der Waals surface area contributed by atoms with Crippen molar-refractivity contribution in [3.63, 3.8) is 0 Å². The van der Waals surface area contributed by atoms with Crippen molar-refractivity contribution in [1.29, 1.82) is 0 Å². The van der Waals surface area contributed by atoms with E-state index >= 15 is 0 Å². The van der Waals surface area contributed by atoms with Crippen molar-refractivity contribution in [3.05, 3.63) is 10.1 Å². The molecule has 0 aliphatic rings. The summed E-state index contributed by atoms with van der Waals surface area (Å²) in [5, 5.41) is 13.6. The first kappa shape index (κ1) is 25.0. The van der Waals surface area contributed by atoms with Gasteiger partial charge < -0.3 is 8.06 Å². The molecule has 0 saturated carbocycles. The third-order valence-corrected chi connectivity index (χ3v) is 0. The topological polar surface area (TPSA) is 242 Å². The molecule has 0 bridgehead atoms. The summed E-state index contributed by atoms with van der Waals surface area (Å²) in [5.74, 6) is 0. The number of halogens is 2. The SMILES string of the molecule is O=[N+]([O-])O.[H-].[H-].[O-][Cl+3]([O-])([O-])O.[O-][Cl+3]([O-])([O-])O.[Sr+2]. The average Bonchev–Trinajstić information content (AvgIpc) is 1.45. The molecule has 0 heterocycles. The Kier molecular flexibility index (Phi) is 19.0. The van der Waals surface area contributed by atoms with Gasteiger partial charge in [0.15, 0.2) is 0 Å². The van der Waals surface area contributed by atoms with Gasteiger partial charge in [0.2, 0.25) is 0 Å². The van der Waals surface area contributed by atoms with Crippen molar-refractivity contribution < 1.29 is 70.9 Å². The predicted octanol–water partition coefficient (Wildman–Crippen LogP) is -8.75. The van der Waals surface area contributed by atoms with Gasteiger partial charge in [0.1, 0.15) is 0 Å². The molecule has 12 nitrogen and oxygen atoms in total. The molecule has 15 heteroatoms. The smallest absolute Gasteiger partial charge is 1.00 e. The van der Waals surface area contributed by atoms with Gasteiger partial charge in [-0.25, -0.2) is 0 Å². The Hall–Kier alpha value is 0.941. The van der Waals surface area contributed by atoms with Gasteiger partial charge in [-0.2, -0.15) is 28.0 Å². The molecular weight excluding hydrogens is 349 g/mol. The predicted molar refractivity (Wildman–Crippen MR) is 21.2 cm³/mol. The summed E-state index contributed by atoms with van der Waals surface area (Å²) >= 11 is 0. The molecule has 0 saturated heterocycles. The van der Waals surface area contributed by atoms with E-state index in [9.17, 15) is 0 Å². The Morgan fingerprint density at radius 2 is 0.933 bits per heavy atom. The van der Waals surface area contributed by atoms with Gasteiger partial charge in [-0.05, 0) is 0 Å². The molecule has 0 aliphatic carbocycles. The van der Waals surface area contributed by atoms with E-state index in [0.29, 0.717) is 0 Å². The van der Waals surface area contributed by atoms with Gasteiger partial charge in [0.05, 0.1) is 29.8 Å². The van der Waals surface area contributed by atoms with Gasteiger partial charge in [-0.15, -0.1) is 10.1 Å². The van der Waals surface area contributed by atoms with Crippen molar-refractivity contribution in [2.45, 2.75) is 0 Å². The average molecular weight is 354 g/mol. The quantitative estimate of drug-likeness (QED) is 0.209. The van der Waals surface area contributed by atoms with Crippen LogP contribution in [-0.4, -0.2) is 65.1 Å². The van der Waals surface area contributed by atoms with Crippen molar-refractivity contribution in [1.82, 2.24) is 0 Å². The molecule has 0 fully saturated rings. The molecule has 0 atom stereocenters. The van der Waals surface area contributed by atoms with Crippen LogP contribution in [0.25, 0.3) is 0 Å². The Labute approximate surface area is 125 Å². The monoisotopic (exact) mass is 353 g/mol. The minimum absolute atomic E-state index is 0. The summed E-state index contributed by atoms with van der Waals surface area (Å²) in [5.41, 5.74) is 0. The first-order chi connectivity index (χ1) is 5.73. The van der Waals surface area contributed by atoms with Crippen LogP contribution < -0.4 is 28.0 Å². The minimum Gasteiger partial charge on any atom is -1.00 e. The second kappa shape index (κ2) is 11.4. The molecule has 0 aliphatic heterocycles. The fourth-order valence-corrected chi connectivity index (χ4v) is 0. The summed E-state index contributed by atoms with van der Waals surface area (Å²) < 4.78 is 65.4. The number of hydrogen-bond donors (Lipinski definition) is 3. The maximum atomic E-state index is 8.60. The molecule has 0 aromatic rings. The van der Waals surface area contributed by atoms with Crippen LogP contribution in [0.4, 0.5) is 0 Å². The zero-order valence-electron chi connectivity index (χ0n) is 8.52. The summed E-state index contributed by atoms with van der Waals surface area (Å²) in [4.78, 5) is 8.36. The number of nitrogens with zero attached hydrogens (tertiary/aromatic N) is 1. The van der Waals surface area contributed by atoms with Crippen LogP contribution in [0.2, 0.25) is 0 Å². The molecular formula is H5Cl2NO11Sr. The molecule has 0 aromatic carbocycles. The van der Waals surface area contributed by atoms with Crippen LogP contribution in [0.5, 0.6) is 0 Å². The molecule has 92 valence electrons. The zero-order valence-corrected chi connectivity index (χ0v) is 11.5. The molecule has 0 spiro atoms. The molecule has 0 rings (SSSR count). The Bertz CT molecular complexity index is 127. The number of hydrogen-bond acceptors (Lipinski definition) is 10. The second-order valence-electron chi connectivity index (χ2n) is 1.03. The maximum Gasteiger partial charge on any atom is 2.00 e. The largest absolute Gasteiger partial charge is 2.00 e. The van der Waals surface area contributed by atoms with Gasteiger partial charge in [0, 0.05) is 0 Å². The summed E-state index contributed by atoms with van der Waals surface area (Å²) in [6.45, 7) is 0. The van der Waals surface area contributed by atoms with E-state index in [4.69, 9.17) is 52.6 Å². The number of rotatable bonds is 0. The molecule has 15 heavy (non-hydrogen) atoms. The standard InChI is InChI=1S/2ClHO4.HNO3.Sr.2H/c2*2-1(3,4)5;2-1(3)4;;;/h2*(H,2,3,4,5);(H,2,3,4);;;/q;;;+2;2*-1. The van der Waals surface area contributed by atoms with Crippen LogP contribution in [-0.2, 0) is 0 Å². The van der Waals surface area contributed by atoms with E-state index in [2.05, 4.69) is 0 Å². The Balaban J connectivity index is -0.0000000247. The van der Waals surface area contributed by atoms with E-state index < -0.39 is 25.6 Å². The molecule has 0 unspecified atom stereocenters. The van der Waals surface area contributed by atoms with Crippen LogP contribution >= 0.6 is 0 Å². The molecule has 3 N–H and O–H groups in total. The van der Waals surface area contributed by atoms with Crippen molar-refractivity contribution in [3.8, 4) is 0 Å². The first-order valence-electron chi connectivity index (χ1n) is 1.83. The van der Waals surface area contributed by atoms with Crippen LogP contribution in [0.15, 0.2) is 0 Å². The molecule has 0 aromatic heterocycles. The van der Waals surface area contributed by atoms with Crippen LogP contribution in [0.3, 0.4) is 0 Å². The second-order valence-corrected chi connectivity index (χ2v) is 2.61. The van der Waals surface area contributed by atoms with Crippen molar-refractivity contribution in [2.75, 3.05) is 0 Å². The molecule has 0 amide bonds. The van der Waals surface area contributed by atoms with Gasteiger partial charge in [-0.1, -0.05) is 0 Å². The Morgan fingerprint density at radius 3 is 0.933 bits per heavy atom. The van der Waals surface area contributed by atoms with Crippen molar-refractivity contribution >= 4 is 45.5 Å². The molecule has 0 radical (unpaired) electrons. The third kappa shape index (κ3) is 2830. The summed E-state index contributed by atoms with van der Waals surface area (Å²) in [7, 11) is -9.39. The van der Waals surface area contributed by atoms with Gasteiger partial charge in [-0.3, -0.25) is 0 Å². The van der Waals surface area contributed by atoms with Gasteiger partial charge >= 0.3 is 45.5 Å². The van der Waals surface area contributed by atoms with E-state index in [0.717, 1.165) is 0 Å². The zero-order chi connectivity index (χ0) is 12.6. The fraction of sp³-hybridized carbons (Fsp3) is 0. The first-order valence-corrected chi connectivity index (χ1v) is 4.36. The van der Waals surface area contributed by atoms with E-state index in [1.54, 1.807) is 0 Å². The van der Waals surface area contributed by atoms with E-state index in [1.807, 2.05) is 0 Å². The normalized spacial score (nSPS) is 9.60. The van der Waals surface area contributed by atoms with E-state index in [-0.39, 0.29) is 48.3 Å². The maximum absolute atomic E-state index is 8.60. The van der Waals surface area contributed by atoms with Gasteiger partial charge in [0.25, 0.3) is 5.09 Å². The minimum atomic E-state index is -4.69. The fourth-order valence-electron chi connectivity index (χ4n) is 0. The third-order valence-electron chi connectivity index (χ3n) is 0. The summed E-state index contributed by atoms with van der Waals surface area (Å²) in [6.07, 6.45) is 0.